The molecular formula is C14H20N2OS. The van der Waals surface area contributed by atoms with Crippen molar-refractivity contribution in [1.82, 2.24) is 9.80 Å². The average Bonchev–Trinajstić information content (AvgIpc) is 3.13. The van der Waals surface area contributed by atoms with Crippen LogP contribution in [0.1, 0.15) is 24.1 Å². The first kappa shape index (κ1) is 12.2. The molecule has 1 aromatic rings. The van der Waals surface area contributed by atoms with Crippen molar-refractivity contribution in [1.29, 1.82) is 0 Å². The number of carbonyl (C=O) groups excluding carboxylic acids is 1. The molecule has 0 atom stereocenters. The Hall–Kier alpha value is -0.870. The molecule has 0 aromatic carbocycles. The fraction of sp³-hybridized carbons (Fsp3) is 0.643. The quantitative estimate of drug-likeness (QED) is 0.830. The molecule has 3 nitrogen and oxygen atoms in total. The summed E-state index contributed by atoms with van der Waals surface area (Å²) in [5, 5.41) is 2.08. The molecule has 0 N–H and O–H groups in total. The van der Waals surface area contributed by atoms with Crippen molar-refractivity contribution >= 4 is 17.2 Å². The van der Waals surface area contributed by atoms with Crippen LogP contribution in [0, 0.1) is 0 Å². The standard InChI is InChI=1S/C14H20N2OS/c17-14(6-5-13-2-1-11-18-13)16-9-7-15(8-10-16)12-3-4-12/h1-2,11-12H,3-10H2. The molecule has 1 aliphatic carbocycles. The summed E-state index contributed by atoms with van der Waals surface area (Å²) >= 11 is 1.75. The largest absolute Gasteiger partial charge is 0.340 e. The summed E-state index contributed by atoms with van der Waals surface area (Å²) in [4.78, 5) is 18.0. The van der Waals surface area contributed by atoms with Gasteiger partial charge in [-0.15, -0.1) is 11.3 Å². The zero-order valence-corrected chi connectivity index (χ0v) is 11.5. The smallest absolute Gasteiger partial charge is 0.223 e. The minimum atomic E-state index is 0.332. The Labute approximate surface area is 112 Å². The van der Waals surface area contributed by atoms with E-state index in [4.69, 9.17) is 0 Å². The van der Waals surface area contributed by atoms with Gasteiger partial charge < -0.3 is 4.90 Å². The highest BCUT2D eigenvalue weighted by Gasteiger charge is 2.31. The Kier molecular flexibility index (Phi) is 3.66. The van der Waals surface area contributed by atoms with E-state index < -0.39 is 0 Å². The summed E-state index contributed by atoms with van der Waals surface area (Å²) in [7, 11) is 0. The van der Waals surface area contributed by atoms with Gasteiger partial charge in [0.05, 0.1) is 0 Å². The number of piperazine rings is 1. The van der Waals surface area contributed by atoms with E-state index in [-0.39, 0.29) is 0 Å². The number of thiophene rings is 1. The summed E-state index contributed by atoms with van der Waals surface area (Å²) in [5.41, 5.74) is 0. The molecule has 2 heterocycles. The highest BCUT2D eigenvalue weighted by Crippen LogP contribution is 2.27. The SMILES string of the molecule is O=C(CCc1cccs1)N1CCN(C2CC2)CC1. The van der Waals surface area contributed by atoms with Crippen molar-refractivity contribution in [2.24, 2.45) is 0 Å². The first-order valence-electron chi connectivity index (χ1n) is 6.87. The van der Waals surface area contributed by atoms with Gasteiger partial charge in [-0.3, -0.25) is 9.69 Å². The van der Waals surface area contributed by atoms with Gasteiger partial charge in [0.25, 0.3) is 0 Å². The number of rotatable bonds is 4. The predicted molar refractivity (Wildman–Crippen MR) is 73.8 cm³/mol. The number of aryl methyl sites for hydroxylation is 1. The van der Waals surface area contributed by atoms with Gasteiger partial charge in [-0.1, -0.05) is 6.07 Å². The first-order chi connectivity index (χ1) is 8.83. The van der Waals surface area contributed by atoms with Gasteiger partial charge in [-0.25, -0.2) is 0 Å². The lowest BCUT2D eigenvalue weighted by molar-refractivity contribution is -0.133. The van der Waals surface area contributed by atoms with Crippen LogP contribution in [0.2, 0.25) is 0 Å². The van der Waals surface area contributed by atoms with E-state index in [0.29, 0.717) is 12.3 Å². The van der Waals surface area contributed by atoms with Gasteiger partial charge in [-0.05, 0) is 30.7 Å². The molecule has 0 radical (unpaired) electrons. The number of carbonyl (C=O) groups is 1. The third-order valence-corrected chi connectivity index (χ3v) is 4.83. The Balaban J connectivity index is 1.42. The fourth-order valence-electron chi connectivity index (χ4n) is 2.62. The van der Waals surface area contributed by atoms with E-state index in [1.807, 2.05) is 4.90 Å². The van der Waals surface area contributed by atoms with Crippen LogP contribution >= 0.6 is 11.3 Å². The topological polar surface area (TPSA) is 23.6 Å². The van der Waals surface area contributed by atoms with Gasteiger partial charge in [0.1, 0.15) is 0 Å². The van der Waals surface area contributed by atoms with Crippen molar-refractivity contribution in [2.75, 3.05) is 26.2 Å². The number of nitrogens with zero attached hydrogens (tertiary/aromatic N) is 2. The summed E-state index contributed by atoms with van der Waals surface area (Å²) < 4.78 is 0. The maximum atomic E-state index is 12.1. The highest BCUT2D eigenvalue weighted by atomic mass is 32.1. The Morgan fingerprint density at radius 2 is 2.06 bits per heavy atom. The van der Waals surface area contributed by atoms with Crippen LogP contribution in [0.5, 0.6) is 0 Å². The number of hydrogen-bond donors (Lipinski definition) is 0. The van der Waals surface area contributed by atoms with Gasteiger partial charge in [0.2, 0.25) is 5.91 Å². The van der Waals surface area contributed by atoms with Crippen molar-refractivity contribution in [3.63, 3.8) is 0 Å². The van der Waals surface area contributed by atoms with E-state index in [2.05, 4.69) is 22.4 Å². The monoisotopic (exact) mass is 264 g/mol. The third kappa shape index (κ3) is 2.93. The summed E-state index contributed by atoms with van der Waals surface area (Å²) in [6.45, 7) is 4.02. The first-order valence-corrected chi connectivity index (χ1v) is 7.75. The van der Waals surface area contributed by atoms with Gasteiger partial charge in [0.15, 0.2) is 0 Å². The van der Waals surface area contributed by atoms with Crippen LogP contribution in [0.25, 0.3) is 0 Å². The minimum Gasteiger partial charge on any atom is -0.340 e. The average molecular weight is 264 g/mol. The Morgan fingerprint density at radius 3 is 2.67 bits per heavy atom. The molecular weight excluding hydrogens is 244 g/mol. The molecule has 0 unspecified atom stereocenters. The second kappa shape index (κ2) is 5.41. The molecule has 0 bridgehead atoms. The molecule has 18 heavy (non-hydrogen) atoms. The van der Waals surface area contributed by atoms with Crippen LogP contribution in [0.4, 0.5) is 0 Å². The van der Waals surface area contributed by atoms with E-state index in [1.54, 1.807) is 11.3 Å². The molecule has 4 heteroatoms. The highest BCUT2D eigenvalue weighted by molar-refractivity contribution is 7.09. The number of amides is 1. The molecule has 1 aromatic heterocycles. The lowest BCUT2D eigenvalue weighted by atomic mass is 10.2. The zero-order valence-electron chi connectivity index (χ0n) is 10.7. The van der Waals surface area contributed by atoms with E-state index in [9.17, 15) is 4.79 Å². The lowest BCUT2D eigenvalue weighted by Gasteiger charge is -2.34. The normalized spacial score (nSPS) is 21.2. The van der Waals surface area contributed by atoms with Crippen LogP contribution in [-0.4, -0.2) is 47.9 Å². The molecule has 1 amide bonds. The van der Waals surface area contributed by atoms with Gasteiger partial charge in [0, 0.05) is 43.5 Å². The van der Waals surface area contributed by atoms with E-state index in [0.717, 1.165) is 38.6 Å². The fourth-order valence-corrected chi connectivity index (χ4v) is 3.33. The van der Waals surface area contributed by atoms with Crippen molar-refractivity contribution in [3.05, 3.63) is 22.4 Å². The van der Waals surface area contributed by atoms with Crippen LogP contribution in [0.3, 0.4) is 0 Å². The zero-order chi connectivity index (χ0) is 12.4. The summed E-state index contributed by atoms with van der Waals surface area (Å²) in [6.07, 6.45) is 4.31. The third-order valence-electron chi connectivity index (χ3n) is 3.90. The Morgan fingerprint density at radius 1 is 1.28 bits per heavy atom. The van der Waals surface area contributed by atoms with Crippen LogP contribution < -0.4 is 0 Å². The molecule has 2 fully saturated rings. The van der Waals surface area contributed by atoms with Gasteiger partial charge in [-0.2, -0.15) is 0 Å². The van der Waals surface area contributed by atoms with Crippen molar-refractivity contribution in [3.8, 4) is 0 Å². The lowest BCUT2D eigenvalue weighted by Crippen LogP contribution is -2.49. The molecule has 98 valence electrons. The van der Waals surface area contributed by atoms with Crippen molar-refractivity contribution in [2.45, 2.75) is 31.7 Å². The molecule has 2 aliphatic rings. The summed E-state index contributed by atoms with van der Waals surface area (Å²) in [6, 6.07) is 5.01. The van der Waals surface area contributed by atoms with Crippen molar-refractivity contribution < 1.29 is 4.79 Å². The molecule has 1 saturated carbocycles. The Bertz CT molecular complexity index is 392. The molecule has 1 aliphatic heterocycles. The van der Waals surface area contributed by atoms with Gasteiger partial charge >= 0.3 is 0 Å². The van der Waals surface area contributed by atoms with Crippen LogP contribution in [0.15, 0.2) is 17.5 Å². The number of hydrogen-bond acceptors (Lipinski definition) is 3. The molecule has 0 spiro atoms. The second-order valence-electron chi connectivity index (χ2n) is 5.23. The second-order valence-corrected chi connectivity index (χ2v) is 6.26. The molecule has 1 saturated heterocycles. The van der Waals surface area contributed by atoms with E-state index in [1.165, 1.54) is 17.7 Å². The maximum absolute atomic E-state index is 12.1. The maximum Gasteiger partial charge on any atom is 0.223 e. The molecule has 3 rings (SSSR count). The summed E-state index contributed by atoms with van der Waals surface area (Å²) in [5.74, 6) is 0.332. The van der Waals surface area contributed by atoms with Crippen LogP contribution in [-0.2, 0) is 11.2 Å². The predicted octanol–water partition coefficient (Wildman–Crippen LogP) is 1.99. The minimum absolute atomic E-state index is 0.332. The van der Waals surface area contributed by atoms with E-state index >= 15 is 0 Å².